The molecule has 0 fully saturated rings. The third-order valence-corrected chi connectivity index (χ3v) is 4.88. The van der Waals surface area contributed by atoms with E-state index >= 15 is 0 Å². The van der Waals surface area contributed by atoms with Gasteiger partial charge in [0.05, 0.1) is 11.1 Å². The molecule has 0 heterocycles. The van der Waals surface area contributed by atoms with Crippen LogP contribution in [-0.2, 0) is 0 Å². The zero-order valence-electron chi connectivity index (χ0n) is 14.6. The molecule has 3 nitrogen and oxygen atoms in total. The molecule has 4 aromatic carbocycles. The topological polar surface area (TPSA) is 57.5 Å². The lowest BCUT2D eigenvalue weighted by atomic mass is 9.90. The summed E-state index contributed by atoms with van der Waals surface area (Å²) in [6, 6.07) is 18.6. The molecule has 4 rings (SSSR count). The fraction of sp³-hybridized carbons (Fsp3) is 0.0870. The first-order valence-electron chi connectivity index (χ1n) is 8.46. The third-order valence-electron chi connectivity index (χ3n) is 4.88. The fourth-order valence-electron chi connectivity index (χ4n) is 3.54. The van der Waals surface area contributed by atoms with Gasteiger partial charge in [-0.1, -0.05) is 48.5 Å². The van der Waals surface area contributed by atoms with Crippen molar-refractivity contribution in [2.45, 2.75) is 13.8 Å². The molecule has 0 spiro atoms. The van der Waals surface area contributed by atoms with E-state index < -0.39 is 0 Å². The minimum Gasteiger partial charge on any atom is -0.507 e. The number of hydrogen-bond acceptors (Lipinski definition) is 3. The van der Waals surface area contributed by atoms with Crippen LogP contribution in [-0.4, -0.2) is 16.0 Å². The van der Waals surface area contributed by atoms with Crippen LogP contribution in [0.15, 0.2) is 60.7 Å². The van der Waals surface area contributed by atoms with Crippen molar-refractivity contribution >= 4 is 27.3 Å². The Balaban J connectivity index is 2.10. The Morgan fingerprint density at radius 3 is 1.50 bits per heavy atom. The highest BCUT2D eigenvalue weighted by Crippen LogP contribution is 2.38. The molecule has 0 aliphatic carbocycles. The first kappa shape index (κ1) is 16.2. The van der Waals surface area contributed by atoms with Gasteiger partial charge in [-0.15, -0.1) is 0 Å². The summed E-state index contributed by atoms with van der Waals surface area (Å²) in [5, 5.41) is 24.4. The van der Waals surface area contributed by atoms with Crippen molar-refractivity contribution in [3.8, 4) is 11.5 Å². The number of aryl methyl sites for hydroxylation is 2. The summed E-state index contributed by atoms with van der Waals surface area (Å²) in [7, 11) is 0. The molecule has 0 radical (unpaired) electrons. The molecule has 0 saturated heterocycles. The molecule has 3 heteroatoms. The molecule has 0 amide bonds. The van der Waals surface area contributed by atoms with Crippen LogP contribution in [0.2, 0.25) is 0 Å². The van der Waals surface area contributed by atoms with Crippen molar-refractivity contribution in [2.24, 2.45) is 0 Å². The number of carbonyl (C=O) groups is 1. The highest BCUT2D eigenvalue weighted by Gasteiger charge is 2.24. The van der Waals surface area contributed by atoms with Crippen LogP contribution in [0.4, 0.5) is 0 Å². The van der Waals surface area contributed by atoms with Gasteiger partial charge in [-0.05, 0) is 58.7 Å². The lowest BCUT2D eigenvalue weighted by Gasteiger charge is -2.15. The normalized spacial score (nSPS) is 11.2. The molecule has 0 unspecified atom stereocenters. The Labute approximate surface area is 151 Å². The Morgan fingerprint density at radius 2 is 1.08 bits per heavy atom. The summed E-state index contributed by atoms with van der Waals surface area (Å²) in [6.07, 6.45) is 0. The fourth-order valence-corrected chi connectivity index (χ4v) is 3.54. The lowest BCUT2D eigenvalue weighted by Crippen LogP contribution is -2.06. The highest BCUT2D eigenvalue weighted by molar-refractivity contribution is 6.24. The molecule has 0 saturated carbocycles. The minimum absolute atomic E-state index is 0.0429. The molecule has 4 aromatic rings. The molecular formula is C23H18O3. The van der Waals surface area contributed by atoms with E-state index in [1.165, 1.54) is 0 Å². The lowest BCUT2D eigenvalue weighted by molar-refractivity contribution is 0.103. The van der Waals surface area contributed by atoms with E-state index in [-0.39, 0.29) is 28.4 Å². The second-order valence-corrected chi connectivity index (χ2v) is 6.61. The van der Waals surface area contributed by atoms with Gasteiger partial charge in [0.25, 0.3) is 0 Å². The molecular weight excluding hydrogens is 324 g/mol. The maximum absolute atomic E-state index is 13.5. The number of rotatable bonds is 2. The summed E-state index contributed by atoms with van der Waals surface area (Å²) < 4.78 is 0. The van der Waals surface area contributed by atoms with Gasteiger partial charge in [0, 0.05) is 0 Å². The van der Waals surface area contributed by atoms with E-state index in [0.29, 0.717) is 21.9 Å². The van der Waals surface area contributed by atoms with Crippen LogP contribution in [0, 0.1) is 13.8 Å². The maximum Gasteiger partial charge on any atom is 0.201 e. The predicted octanol–water partition coefficient (Wildman–Crippen LogP) is 5.25. The number of carbonyl (C=O) groups excluding carboxylic acids is 1. The number of hydrogen-bond donors (Lipinski definition) is 2. The Kier molecular flexibility index (Phi) is 3.66. The SMILES string of the molecule is Cc1cc2ccccc2c(C(=O)c2c(O)c(C)cc3ccccc23)c1O. The quantitative estimate of drug-likeness (QED) is 0.489. The van der Waals surface area contributed by atoms with Gasteiger partial charge in [0.15, 0.2) is 0 Å². The van der Waals surface area contributed by atoms with E-state index in [9.17, 15) is 15.0 Å². The molecule has 0 aliphatic heterocycles. The largest absolute Gasteiger partial charge is 0.507 e. The van der Waals surface area contributed by atoms with E-state index in [1.54, 1.807) is 13.8 Å². The van der Waals surface area contributed by atoms with Crippen molar-refractivity contribution in [3.63, 3.8) is 0 Å². The average molecular weight is 342 g/mol. The molecule has 0 atom stereocenters. The van der Waals surface area contributed by atoms with Crippen molar-refractivity contribution in [3.05, 3.63) is 82.9 Å². The first-order valence-corrected chi connectivity index (χ1v) is 8.46. The van der Waals surface area contributed by atoms with Crippen LogP contribution in [0.1, 0.15) is 27.0 Å². The second-order valence-electron chi connectivity index (χ2n) is 6.61. The number of aromatic hydroxyl groups is 2. The summed E-state index contributed by atoms with van der Waals surface area (Å²) >= 11 is 0. The van der Waals surface area contributed by atoms with Crippen molar-refractivity contribution in [1.82, 2.24) is 0 Å². The van der Waals surface area contributed by atoms with Gasteiger partial charge >= 0.3 is 0 Å². The zero-order valence-corrected chi connectivity index (χ0v) is 14.6. The predicted molar refractivity (Wildman–Crippen MR) is 104 cm³/mol. The Morgan fingerprint density at radius 1 is 0.692 bits per heavy atom. The smallest absolute Gasteiger partial charge is 0.201 e. The molecule has 0 bridgehead atoms. The molecule has 128 valence electrons. The number of fused-ring (bicyclic) bond motifs is 2. The minimum atomic E-state index is -0.375. The second kappa shape index (κ2) is 5.88. The number of phenolic OH excluding ortho intramolecular Hbond substituents is 2. The summed E-state index contributed by atoms with van der Waals surface area (Å²) in [5.74, 6) is -0.461. The van der Waals surface area contributed by atoms with Gasteiger partial charge < -0.3 is 10.2 Å². The van der Waals surface area contributed by atoms with E-state index in [2.05, 4.69) is 0 Å². The van der Waals surface area contributed by atoms with Crippen LogP contribution in [0.3, 0.4) is 0 Å². The van der Waals surface area contributed by atoms with Crippen LogP contribution < -0.4 is 0 Å². The zero-order chi connectivity index (χ0) is 18.4. The number of benzene rings is 4. The van der Waals surface area contributed by atoms with E-state index in [1.807, 2.05) is 60.7 Å². The van der Waals surface area contributed by atoms with Crippen LogP contribution in [0.25, 0.3) is 21.5 Å². The molecule has 2 N–H and O–H groups in total. The molecule has 0 aliphatic rings. The molecule has 0 aromatic heterocycles. The number of ketones is 1. The van der Waals surface area contributed by atoms with Gasteiger partial charge in [0.2, 0.25) is 5.78 Å². The summed E-state index contributed by atoms with van der Waals surface area (Å²) in [5.41, 5.74) is 1.71. The standard InChI is InChI=1S/C23H18O3/c1-13-11-15-7-3-5-9-17(15)19(21(13)24)23(26)20-18-10-6-4-8-16(18)12-14(2)22(20)25/h3-12,24-25H,1-2H3. The van der Waals surface area contributed by atoms with Crippen LogP contribution in [0.5, 0.6) is 11.5 Å². The average Bonchev–Trinajstić information content (AvgIpc) is 2.63. The monoisotopic (exact) mass is 342 g/mol. The Hall–Kier alpha value is -3.33. The maximum atomic E-state index is 13.5. The van der Waals surface area contributed by atoms with Gasteiger partial charge in [0.1, 0.15) is 11.5 Å². The third kappa shape index (κ3) is 2.32. The molecule has 26 heavy (non-hydrogen) atoms. The van der Waals surface area contributed by atoms with Gasteiger partial charge in [-0.2, -0.15) is 0 Å². The van der Waals surface area contributed by atoms with Gasteiger partial charge in [-0.25, -0.2) is 0 Å². The number of phenols is 2. The summed E-state index contributed by atoms with van der Waals surface area (Å²) in [4.78, 5) is 13.5. The first-order chi connectivity index (χ1) is 12.5. The van der Waals surface area contributed by atoms with Crippen LogP contribution >= 0.6 is 0 Å². The van der Waals surface area contributed by atoms with Crippen molar-refractivity contribution in [2.75, 3.05) is 0 Å². The van der Waals surface area contributed by atoms with E-state index in [4.69, 9.17) is 0 Å². The van der Waals surface area contributed by atoms with Gasteiger partial charge in [-0.3, -0.25) is 4.79 Å². The highest BCUT2D eigenvalue weighted by atomic mass is 16.3. The summed E-state index contributed by atoms with van der Waals surface area (Å²) in [6.45, 7) is 3.54. The van der Waals surface area contributed by atoms with E-state index in [0.717, 1.165) is 10.8 Å². The Bertz CT molecular complexity index is 1100. The van der Waals surface area contributed by atoms with Crippen molar-refractivity contribution in [1.29, 1.82) is 0 Å². The van der Waals surface area contributed by atoms with Crippen molar-refractivity contribution < 1.29 is 15.0 Å².